The molecule has 0 aliphatic carbocycles. The molecule has 0 saturated heterocycles. The zero-order valence-corrected chi connectivity index (χ0v) is 17.5. The van der Waals surface area contributed by atoms with Gasteiger partial charge in [-0.2, -0.15) is 0 Å². The fourth-order valence-corrected chi connectivity index (χ4v) is 3.95. The number of benzene rings is 1. The Kier molecular flexibility index (Phi) is 6.45. The summed E-state index contributed by atoms with van der Waals surface area (Å²) < 4.78 is 2.19. The van der Waals surface area contributed by atoms with E-state index in [0.29, 0.717) is 30.5 Å². The first kappa shape index (κ1) is 20.5. The Morgan fingerprint density at radius 2 is 1.89 bits per heavy atom. The molecule has 0 radical (unpaired) electrons. The van der Waals surface area contributed by atoms with Crippen LogP contribution in [0.4, 0.5) is 0 Å². The van der Waals surface area contributed by atoms with Gasteiger partial charge < -0.3 is 14.4 Å². The Bertz CT molecular complexity index is 829. The second-order valence-corrected chi connectivity index (χ2v) is 8.13. The average Bonchev–Trinajstić information content (AvgIpc) is 3.15. The third kappa shape index (κ3) is 4.41. The van der Waals surface area contributed by atoms with E-state index in [0.717, 1.165) is 17.8 Å². The van der Waals surface area contributed by atoms with Crippen LogP contribution in [0.2, 0.25) is 5.02 Å². The predicted octanol–water partition coefficient (Wildman–Crippen LogP) is 3.97. The third-order valence-electron chi connectivity index (χ3n) is 5.11. The van der Waals surface area contributed by atoms with Gasteiger partial charge in [-0.25, -0.2) is 0 Å². The first-order chi connectivity index (χ1) is 13.4. The number of carbonyl (C=O) groups excluding carboxylic acids is 2. The van der Waals surface area contributed by atoms with Crippen LogP contribution in [0.15, 0.2) is 42.6 Å². The van der Waals surface area contributed by atoms with Crippen LogP contribution in [0, 0.1) is 5.92 Å². The second-order valence-electron chi connectivity index (χ2n) is 7.69. The highest BCUT2D eigenvalue weighted by Gasteiger charge is 2.33. The van der Waals surface area contributed by atoms with Crippen molar-refractivity contribution in [2.75, 3.05) is 19.6 Å². The molecule has 0 N–H and O–H groups in total. The summed E-state index contributed by atoms with van der Waals surface area (Å²) in [6.45, 7) is 8.04. The van der Waals surface area contributed by atoms with Gasteiger partial charge >= 0.3 is 0 Å². The Labute approximate surface area is 171 Å². The molecular weight excluding hydrogens is 374 g/mol. The molecule has 150 valence electrons. The second kappa shape index (κ2) is 8.82. The molecule has 0 fully saturated rings. The highest BCUT2D eigenvalue weighted by Crippen LogP contribution is 2.33. The molecule has 2 amide bonds. The van der Waals surface area contributed by atoms with Crippen molar-refractivity contribution in [3.05, 3.63) is 58.9 Å². The summed E-state index contributed by atoms with van der Waals surface area (Å²) in [6.07, 6.45) is 2.45. The van der Waals surface area contributed by atoms with Crippen molar-refractivity contribution >= 4 is 23.4 Å². The Balaban J connectivity index is 1.89. The van der Waals surface area contributed by atoms with Crippen molar-refractivity contribution < 1.29 is 9.59 Å². The van der Waals surface area contributed by atoms with E-state index in [9.17, 15) is 9.59 Å². The van der Waals surface area contributed by atoms with Crippen molar-refractivity contribution in [2.24, 2.45) is 5.92 Å². The molecule has 0 unspecified atom stereocenters. The van der Waals surface area contributed by atoms with E-state index < -0.39 is 0 Å². The lowest BCUT2D eigenvalue weighted by molar-refractivity contribution is -0.142. The van der Waals surface area contributed by atoms with Gasteiger partial charge in [-0.15, -0.1) is 0 Å². The van der Waals surface area contributed by atoms with E-state index in [4.69, 9.17) is 11.6 Å². The minimum atomic E-state index is -0.175. The summed E-state index contributed by atoms with van der Waals surface area (Å²) in [5, 5.41) is 0.671. The van der Waals surface area contributed by atoms with Crippen LogP contribution in [0.1, 0.15) is 44.5 Å². The molecule has 3 rings (SSSR count). The van der Waals surface area contributed by atoms with Gasteiger partial charge in [-0.1, -0.05) is 44.5 Å². The van der Waals surface area contributed by atoms with Crippen LogP contribution in [-0.4, -0.2) is 45.8 Å². The van der Waals surface area contributed by atoms with Crippen molar-refractivity contribution in [3.63, 3.8) is 0 Å². The predicted molar refractivity (Wildman–Crippen MR) is 111 cm³/mol. The molecule has 1 aliphatic heterocycles. The number of halogens is 1. The summed E-state index contributed by atoms with van der Waals surface area (Å²) in [5.41, 5.74) is 2.11. The minimum absolute atomic E-state index is 0.0187. The van der Waals surface area contributed by atoms with Gasteiger partial charge in [0.05, 0.1) is 12.6 Å². The van der Waals surface area contributed by atoms with E-state index >= 15 is 0 Å². The maximum atomic E-state index is 13.3. The molecule has 6 heteroatoms. The standard InChI is InChI=1S/C22H28ClN3O2/c1-4-20(27)25(14-16(2)3)15-21(28)26-13-12-24-11-5-6-19(24)22(26)17-7-9-18(23)10-8-17/h5-11,16,22H,4,12-15H2,1-3H3/t22-/m0/s1. The van der Waals surface area contributed by atoms with Crippen LogP contribution >= 0.6 is 11.6 Å². The molecule has 0 saturated carbocycles. The monoisotopic (exact) mass is 401 g/mol. The highest BCUT2D eigenvalue weighted by molar-refractivity contribution is 6.30. The van der Waals surface area contributed by atoms with Gasteiger partial charge in [0.25, 0.3) is 0 Å². The Morgan fingerprint density at radius 1 is 1.18 bits per heavy atom. The highest BCUT2D eigenvalue weighted by atomic mass is 35.5. The van der Waals surface area contributed by atoms with Gasteiger partial charge in [0.15, 0.2) is 0 Å². The quantitative estimate of drug-likeness (QED) is 0.735. The van der Waals surface area contributed by atoms with Crippen LogP contribution in [0.3, 0.4) is 0 Å². The summed E-state index contributed by atoms with van der Waals surface area (Å²) in [7, 11) is 0. The molecule has 1 atom stereocenters. The van der Waals surface area contributed by atoms with Gasteiger partial charge in [0, 0.05) is 43.0 Å². The van der Waals surface area contributed by atoms with E-state index in [1.807, 2.05) is 48.4 Å². The van der Waals surface area contributed by atoms with Gasteiger partial charge in [-0.05, 0) is 35.7 Å². The maximum Gasteiger partial charge on any atom is 0.243 e. The summed E-state index contributed by atoms with van der Waals surface area (Å²) in [6, 6.07) is 11.5. The molecule has 28 heavy (non-hydrogen) atoms. The topological polar surface area (TPSA) is 45.6 Å². The van der Waals surface area contributed by atoms with E-state index in [1.54, 1.807) is 4.90 Å². The molecule has 0 spiro atoms. The zero-order chi connectivity index (χ0) is 20.3. The van der Waals surface area contributed by atoms with Crippen molar-refractivity contribution in [1.82, 2.24) is 14.4 Å². The summed E-state index contributed by atoms with van der Waals surface area (Å²) in [5.74, 6) is 0.314. The fraction of sp³-hybridized carbons (Fsp3) is 0.455. The Hall–Kier alpha value is -2.27. The van der Waals surface area contributed by atoms with Crippen LogP contribution in [-0.2, 0) is 16.1 Å². The number of amides is 2. The number of carbonyl (C=O) groups is 2. The maximum absolute atomic E-state index is 13.3. The van der Waals surface area contributed by atoms with Gasteiger partial charge in [0.2, 0.25) is 11.8 Å². The first-order valence-electron chi connectivity index (χ1n) is 9.88. The van der Waals surface area contributed by atoms with Crippen LogP contribution in [0.25, 0.3) is 0 Å². The number of rotatable bonds is 6. The molecule has 1 aromatic heterocycles. The third-order valence-corrected chi connectivity index (χ3v) is 5.36. The van der Waals surface area contributed by atoms with E-state index in [-0.39, 0.29) is 24.4 Å². The fourth-order valence-electron chi connectivity index (χ4n) is 3.82. The number of aromatic nitrogens is 1. The van der Waals surface area contributed by atoms with Crippen molar-refractivity contribution in [2.45, 2.75) is 39.8 Å². The lowest BCUT2D eigenvalue weighted by Crippen LogP contribution is -2.48. The molecule has 2 heterocycles. The number of nitrogens with zero attached hydrogens (tertiary/aromatic N) is 3. The minimum Gasteiger partial charge on any atom is -0.348 e. The average molecular weight is 402 g/mol. The number of hydrogen-bond donors (Lipinski definition) is 0. The number of fused-ring (bicyclic) bond motifs is 1. The van der Waals surface area contributed by atoms with Crippen LogP contribution < -0.4 is 0 Å². The van der Waals surface area contributed by atoms with Gasteiger partial charge in [-0.3, -0.25) is 9.59 Å². The first-order valence-corrected chi connectivity index (χ1v) is 10.3. The summed E-state index contributed by atoms with van der Waals surface area (Å²) in [4.78, 5) is 29.2. The van der Waals surface area contributed by atoms with E-state index in [2.05, 4.69) is 24.5 Å². The summed E-state index contributed by atoms with van der Waals surface area (Å²) >= 11 is 6.07. The van der Waals surface area contributed by atoms with Crippen molar-refractivity contribution in [1.29, 1.82) is 0 Å². The zero-order valence-electron chi connectivity index (χ0n) is 16.8. The molecule has 5 nitrogen and oxygen atoms in total. The van der Waals surface area contributed by atoms with Gasteiger partial charge in [0.1, 0.15) is 0 Å². The van der Waals surface area contributed by atoms with Crippen LogP contribution in [0.5, 0.6) is 0 Å². The molecular formula is C22H28ClN3O2. The Morgan fingerprint density at radius 3 is 2.54 bits per heavy atom. The SMILES string of the molecule is CCC(=O)N(CC(=O)N1CCn2cccc2[C@@H]1c1ccc(Cl)cc1)CC(C)C. The smallest absolute Gasteiger partial charge is 0.243 e. The van der Waals surface area contributed by atoms with E-state index in [1.165, 1.54) is 0 Å². The largest absolute Gasteiger partial charge is 0.348 e. The normalized spacial score (nSPS) is 16.2. The molecule has 1 aliphatic rings. The lowest BCUT2D eigenvalue weighted by atomic mass is 9.99. The van der Waals surface area contributed by atoms with Crippen molar-refractivity contribution in [3.8, 4) is 0 Å². The lowest BCUT2D eigenvalue weighted by Gasteiger charge is -2.38. The molecule has 1 aromatic carbocycles. The molecule has 2 aromatic rings. The number of hydrogen-bond acceptors (Lipinski definition) is 2. The molecule has 0 bridgehead atoms.